The van der Waals surface area contributed by atoms with Gasteiger partial charge in [-0.25, -0.2) is 0 Å². The Labute approximate surface area is 136 Å². The van der Waals surface area contributed by atoms with Gasteiger partial charge in [0.25, 0.3) is 0 Å². The molecule has 1 heterocycles. The SMILES string of the molecule is CN(Cc1cc(C(F)(F)F)cc(C(F)(F)F)c1)C1CCCNCC1. The van der Waals surface area contributed by atoms with Gasteiger partial charge in [0.15, 0.2) is 0 Å². The van der Waals surface area contributed by atoms with Gasteiger partial charge in [-0.05, 0) is 63.2 Å². The molecule has 1 aliphatic heterocycles. The van der Waals surface area contributed by atoms with E-state index in [1.54, 1.807) is 7.05 Å². The Balaban J connectivity index is 2.24. The van der Waals surface area contributed by atoms with Crippen molar-refractivity contribution in [1.29, 1.82) is 0 Å². The first-order valence-electron chi connectivity index (χ1n) is 7.76. The number of hydrogen-bond donors (Lipinski definition) is 1. The summed E-state index contributed by atoms with van der Waals surface area (Å²) in [5.74, 6) is 0. The molecule has 136 valence electrons. The molecular weight excluding hydrogens is 334 g/mol. The lowest BCUT2D eigenvalue weighted by molar-refractivity contribution is -0.143. The zero-order chi connectivity index (χ0) is 18.0. The fourth-order valence-corrected chi connectivity index (χ4v) is 2.97. The summed E-state index contributed by atoms with van der Waals surface area (Å²) in [7, 11) is 1.74. The van der Waals surface area contributed by atoms with E-state index in [1.165, 1.54) is 0 Å². The van der Waals surface area contributed by atoms with Gasteiger partial charge in [-0.15, -0.1) is 0 Å². The lowest BCUT2D eigenvalue weighted by Crippen LogP contribution is -2.32. The van der Waals surface area contributed by atoms with Crippen molar-refractivity contribution in [3.8, 4) is 0 Å². The molecule has 0 aromatic heterocycles. The van der Waals surface area contributed by atoms with E-state index in [4.69, 9.17) is 0 Å². The first-order valence-corrected chi connectivity index (χ1v) is 7.76. The number of nitrogens with zero attached hydrogens (tertiary/aromatic N) is 1. The van der Waals surface area contributed by atoms with Crippen molar-refractivity contribution in [2.75, 3.05) is 20.1 Å². The highest BCUT2D eigenvalue weighted by Crippen LogP contribution is 2.36. The van der Waals surface area contributed by atoms with Crippen molar-refractivity contribution in [1.82, 2.24) is 10.2 Å². The maximum Gasteiger partial charge on any atom is 0.416 e. The number of hydrogen-bond acceptors (Lipinski definition) is 2. The second kappa shape index (κ2) is 7.31. The van der Waals surface area contributed by atoms with E-state index >= 15 is 0 Å². The summed E-state index contributed by atoms with van der Waals surface area (Å²) in [6, 6.07) is 1.92. The quantitative estimate of drug-likeness (QED) is 0.815. The van der Waals surface area contributed by atoms with Crippen molar-refractivity contribution in [3.05, 3.63) is 34.9 Å². The summed E-state index contributed by atoms with van der Waals surface area (Å²) >= 11 is 0. The van der Waals surface area contributed by atoms with Crippen molar-refractivity contribution in [3.63, 3.8) is 0 Å². The number of halogens is 6. The number of rotatable bonds is 3. The Bertz CT molecular complexity index is 512. The molecule has 1 saturated heterocycles. The zero-order valence-electron chi connectivity index (χ0n) is 13.3. The molecule has 0 saturated carbocycles. The molecule has 0 radical (unpaired) electrons. The predicted octanol–water partition coefficient (Wildman–Crippen LogP) is 4.30. The topological polar surface area (TPSA) is 15.3 Å². The van der Waals surface area contributed by atoms with Gasteiger partial charge in [0.1, 0.15) is 0 Å². The summed E-state index contributed by atoms with van der Waals surface area (Å²) in [6.07, 6.45) is -6.98. The zero-order valence-corrected chi connectivity index (χ0v) is 13.3. The smallest absolute Gasteiger partial charge is 0.317 e. The molecule has 8 heteroatoms. The van der Waals surface area contributed by atoms with Gasteiger partial charge in [0.05, 0.1) is 11.1 Å². The third-order valence-corrected chi connectivity index (χ3v) is 4.25. The molecule has 1 fully saturated rings. The van der Waals surface area contributed by atoms with E-state index in [1.807, 2.05) is 4.90 Å². The van der Waals surface area contributed by atoms with Crippen LogP contribution in [0.25, 0.3) is 0 Å². The van der Waals surface area contributed by atoms with Gasteiger partial charge < -0.3 is 5.32 Å². The van der Waals surface area contributed by atoms with E-state index < -0.39 is 23.5 Å². The monoisotopic (exact) mass is 354 g/mol. The Morgan fingerprint density at radius 2 is 1.54 bits per heavy atom. The molecule has 0 spiro atoms. The van der Waals surface area contributed by atoms with Crippen LogP contribution in [0.3, 0.4) is 0 Å². The fraction of sp³-hybridized carbons (Fsp3) is 0.625. The molecule has 0 aliphatic carbocycles. The summed E-state index contributed by atoms with van der Waals surface area (Å²) in [5, 5.41) is 3.23. The van der Waals surface area contributed by atoms with Crippen LogP contribution in [0.4, 0.5) is 26.3 Å². The van der Waals surface area contributed by atoms with E-state index in [9.17, 15) is 26.3 Å². The van der Waals surface area contributed by atoms with Crippen molar-refractivity contribution in [2.24, 2.45) is 0 Å². The molecule has 1 aromatic rings. The Morgan fingerprint density at radius 1 is 0.958 bits per heavy atom. The van der Waals surface area contributed by atoms with E-state index in [0.717, 1.165) is 44.5 Å². The molecule has 24 heavy (non-hydrogen) atoms. The van der Waals surface area contributed by atoms with Crippen LogP contribution in [-0.4, -0.2) is 31.1 Å². The van der Waals surface area contributed by atoms with Crippen LogP contribution in [0.5, 0.6) is 0 Å². The Morgan fingerprint density at radius 3 is 2.08 bits per heavy atom. The molecule has 0 bridgehead atoms. The standard InChI is InChI=1S/C16H20F6N2/c1-24(14-3-2-5-23-6-4-14)10-11-7-12(15(17,18)19)9-13(8-11)16(20,21)22/h7-9,14,23H,2-6,10H2,1H3. The Kier molecular flexibility index (Phi) is 5.80. The average molecular weight is 354 g/mol. The summed E-state index contributed by atoms with van der Waals surface area (Å²) in [6.45, 7) is 1.73. The normalized spacial score (nSPS) is 20.2. The molecule has 1 unspecified atom stereocenters. The number of nitrogens with one attached hydrogen (secondary N) is 1. The van der Waals surface area contributed by atoms with Crippen LogP contribution >= 0.6 is 0 Å². The van der Waals surface area contributed by atoms with Crippen LogP contribution < -0.4 is 5.32 Å². The van der Waals surface area contributed by atoms with Gasteiger partial charge in [-0.2, -0.15) is 26.3 Å². The lowest BCUT2D eigenvalue weighted by atomic mass is 10.0. The second-order valence-corrected chi connectivity index (χ2v) is 6.16. The van der Waals surface area contributed by atoms with Crippen molar-refractivity contribution < 1.29 is 26.3 Å². The molecular formula is C16H20F6N2. The lowest BCUT2D eigenvalue weighted by Gasteiger charge is -2.27. The highest BCUT2D eigenvalue weighted by atomic mass is 19.4. The van der Waals surface area contributed by atoms with E-state index in [0.29, 0.717) is 0 Å². The number of benzene rings is 1. The summed E-state index contributed by atoms with van der Waals surface area (Å²) < 4.78 is 77.4. The molecule has 1 atom stereocenters. The van der Waals surface area contributed by atoms with Gasteiger partial charge in [0.2, 0.25) is 0 Å². The Hall–Kier alpha value is -1.28. The largest absolute Gasteiger partial charge is 0.416 e. The molecule has 1 aliphatic rings. The highest BCUT2D eigenvalue weighted by molar-refractivity contribution is 5.33. The summed E-state index contributed by atoms with van der Waals surface area (Å²) in [5.41, 5.74) is -2.50. The van der Waals surface area contributed by atoms with E-state index in [2.05, 4.69) is 5.32 Å². The van der Waals surface area contributed by atoms with Crippen LogP contribution in [0.15, 0.2) is 18.2 Å². The van der Waals surface area contributed by atoms with Crippen LogP contribution in [-0.2, 0) is 18.9 Å². The van der Waals surface area contributed by atoms with Crippen LogP contribution in [0.1, 0.15) is 36.0 Å². The maximum atomic E-state index is 12.9. The average Bonchev–Trinajstić information content (AvgIpc) is 2.74. The van der Waals surface area contributed by atoms with Crippen molar-refractivity contribution in [2.45, 2.75) is 44.2 Å². The number of alkyl halides is 6. The summed E-state index contributed by atoms with van der Waals surface area (Å²) in [4.78, 5) is 1.84. The molecule has 1 N–H and O–H groups in total. The molecule has 0 amide bonds. The van der Waals surface area contributed by atoms with Gasteiger partial charge in [-0.1, -0.05) is 0 Å². The third-order valence-electron chi connectivity index (χ3n) is 4.25. The highest BCUT2D eigenvalue weighted by Gasteiger charge is 2.37. The minimum Gasteiger partial charge on any atom is -0.317 e. The predicted molar refractivity (Wildman–Crippen MR) is 78.4 cm³/mol. The minimum absolute atomic E-state index is 0.0249. The fourth-order valence-electron chi connectivity index (χ4n) is 2.97. The van der Waals surface area contributed by atoms with Gasteiger partial charge in [-0.3, -0.25) is 4.90 Å². The molecule has 1 aromatic carbocycles. The second-order valence-electron chi connectivity index (χ2n) is 6.16. The first-order chi connectivity index (χ1) is 11.1. The minimum atomic E-state index is -4.80. The van der Waals surface area contributed by atoms with Crippen LogP contribution in [0, 0.1) is 0 Å². The first kappa shape index (κ1) is 19.1. The van der Waals surface area contributed by atoms with Gasteiger partial charge in [0, 0.05) is 12.6 Å². The molecule has 2 nitrogen and oxygen atoms in total. The van der Waals surface area contributed by atoms with Gasteiger partial charge >= 0.3 is 12.4 Å². The van der Waals surface area contributed by atoms with Crippen LogP contribution in [0.2, 0.25) is 0 Å². The molecule has 2 rings (SSSR count). The third kappa shape index (κ3) is 5.11. The van der Waals surface area contributed by atoms with E-state index in [-0.39, 0.29) is 24.2 Å². The van der Waals surface area contributed by atoms with Crippen molar-refractivity contribution >= 4 is 0 Å². The maximum absolute atomic E-state index is 12.9.